The molecule has 1 heterocycles. The van der Waals surface area contributed by atoms with Crippen LogP contribution in [0.4, 0.5) is 8.78 Å². The number of likely N-dealkylation sites (tertiary alicyclic amines) is 1. The van der Waals surface area contributed by atoms with Crippen LogP contribution in [0.15, 0.2) is 24.3 Å². The molecule has 1 aromatic carbocycles. The van der Waals surface area contributed by atoms with Gasteiger partial charge in [-0.05, 0) is 12.1 Å². The van der Waals surface area contributed by atoms with E-state index in [0.29, 0.717) is 13.1 Å². The Labute approximate surface area is 120 Å². The summed E-state index contributed by atoms with van der Waals surface area (Å²) < 4.78 is 28.9. The Hall–Kier alpha value is -2.18. The van der Waals surface area contributed by atoms with Gasteiger partial charge in [-0.2, -0.15) is 8.78 Å². The van der Waals surface area contributed by atoms with Gasteiger partial charge in [0.05, 0.1) is 11.5 Å². The van der Waals surface area contributed by atoms with Crippen molar-refractivity contribution in [3.8, 4) is 5.75 Å². The zero-order valence-corrected chi connectivity index (χ0v) is 11.3. The van der Waals surface area contributed by atoms with Crippen LogP contribution < -0.4 is 4.74 Å². The maximum atomic E-state index is 12.3. The fourth-order valence-electron chi connectivity index (χ4n) is 2.21. The summed E-state index contributed by atoms with van der Waals surface area (Å²) in [4.78, 5) is 24.5. The molecule has 1 N–H and O–H groups in total. The third-order valence-electron chi connectivity index (χ3n) is 3.63. The van der Waals surface area contributed by atoms with Crippen LogP contribution in [0.5, 0.6) is 5.75 Å². The van der Waals surface area contributed by atoms with Crippen molar-refractivity contribution in [1.82, 2.24) is 4.90 Å². The SMILES string of the molecule is CC(C(=O)O)C1CN(C(=O)c2ccccc2OC(F)F)C1. The second-order valence-corrected chi connectivity index (χ2v) is 4.97. The number of carbonyl (C=O) groups excluding carboxylic acids is 1. The van der Waals surface area contributed by atoms with Gasteiger partial charge in [-0.15, -0.1) is 0 Å². The van der Waals surface area contributed by atoms with E-state index in [0.717, 1.165) is 0 Å². The molecule has 1 aliphatic heterocycles. The van der Waals surface area contributed by atoms with E-state index in [4.69, 9.17) is 5.11 Å². The molecule has 0 radical (unpaired) electrons. The smallest absolute Gasteiger partial charge is 0.387 e. The molecule has 0 aromatic heterocycles. The molecule has 5 nitrogen and oxygen atoms in total. The number of alkyl halides is 2. The van der Waals surface area contributed by atoms with Crippen molar-refractivity contribution in [2.24, 2.45) is 11.8 Å². The number of hydrogen-bond donors (Lipinski definition) is 1. The Kier molecular flexibility index (Phi) is 4.40. The highest BCUT2D eigenvalue weighted by atomic mass is 19.3. The fraction of sp³-hybridized carbons (Fsp3) is 0.429. The van der Waals surface area contributed by atoms with Crippen molar-refractivity contribution in [1.29, 1.82) is 0 Å². The van der Waals surface area contributed by atoms with Crippen molar-refractivity contribution >= 4 is 11.9 Å². The molecule has 1 amide bonds. The quantitative estimate of drug-likeness (QED) is 0.904. The first-order valence-electron chi connectivity index (χ1n) is 6.46. The van der Waals surface area contributed by atoms with Gasteiger partial charge in [-0.1, -0.05) is 19.1 Å². The average Bonchev–Trinajstić information content (AvgIpc) is 2.36. The number of rotatable bonds is 5. The number of nitrogens with zero attached hydrogens (tertiary/aromatic N) is 1. The third kappa shape index (κ3) is 3.29. The predicted octanol–water partition coefficient (Wildman–Crippen LogP) is 2.08. The molecule has 114 valence electrons. The predicted molar refractivity (Wildman–Crippen MR) is 69.3 cm³/mol. The van der Waals surface area contributed by atoms with E-state index in [1.165, 1.54) is 23.1 Å². The van der Waals surface area contributed by atoms with Crippen molar-refractivity contribution < 1.29 is 28.2 Å². The summed E-state index contributed by atoms with van der Waals surface area (Å²) in [6, 6.07) is 5.77. The van der Waals surface area contributed by atoms with Gasteiger partial charge in [0, 0.05) is 19.0 Å². The number of carbonyl (C=O) groups is 2. The fourth-order valence-corrected chi connectivity index (χ4v) is 2.21. The Morgan fingerprint density at radius 2 is 1.95 bits per heavy atom. The van der Waals surface area contributed by atoms with Crippen LogP contribution in [0.3, 0.4) is 0 Å². The normalized spacial score (nSPS) is 16.5. The van der Waals surface area contributed by atoms with Gasteiger partial charge in [-0.25, -0.2) is 0 Å². The van der Waals surface area contributed by atoms with Gasteiger partial charge >= 0.3 is 12.6 Å². The van der Waals surface area contributed by atoms with Crippen molar-refractivity contribution in [2.75, 3.05) is 13.1 Å². The molecular formula is C14H15F2NO4. The van der Waals surface area contributed by atoms with Crippen LogP contribution in [0.1, 0.15) is 17.3 Å². The number of para-hydroxylation sites is 1. The third-order valence-corrected chi connectivity index (χ3v) is 3.63. The van der Waals surface area contributed by atoms with Crippen molar-refractivity contribution in [2.45, 2.75) is 13.5 Å². The molecule has 1 unspecified atom stereocenters. The molecule has 1 atom stereocenters. The minimum absolute atomic E-state index is 0.0548. The second kappa shape index (κ2) is 6.07. The topological polar surface area (TPSA) is 66.8 Å². The van der Waals surface area contributed by atoms with Crippen LogP contribution in [0.25, 0.3) is 0 Å². The number of ether oxygens (including phenoxy) is 1. The molecule has 0 aliphatic carbocycles. The monoisotopic (exact) mass is 299 g/mol. The lowest BCUT2D eigenvalue weighted by atomic mass is 9.86. The summed E-state index contributed by atoms with van der Waals surface area (Å²) in [5, 5.41) is 8.90. The summed E-state index contributed by atoms with van der Waals surface area (Å²) in [5.74, 6) is -2.17. The number of hydrogen-bond acceptors (Lipinski definition) is 3. The number of aliphatic carboxylic acids is 1. The zero-order chi connectivity index (χ0) is 15.6. The number of benzene rings is 1. The standard InChI is InChI=1S/C14H15F2NO4/c1-8(13(19)20)9-6-17(7-9)12(18)10-4-2-3-5-11(10)21-14(15)16/h2-5,8-9,14H,6-7H2,1H3,(H,19,20). The van der Waals surface area contributed by atoms with E-state index in [2.05, 4.69) is 4.74 Å². The summed E-state index contributed by atoms with van der Waals surface area (Å²) in [7, 11) is 0. The molecular weight excluding hydrogens is 284 g/mol. The van der Waals surface area contributed by atoms with Gasteiger partial charge in [0.1, 0.15) is 5.75 Å². The van der Waals surface area contributed by atoms with E-state index in [9.17, 15) is 18.4 Å². The summed E-state index contributed by atoms with van der Waals surface area (Å²) in [6.07, 6.45) is 0. The Balaban J connectivity index is 2.04. The van der Waals surface area contributed by atoms with Gasteiger partial charge < -0.3 is 14.7 Å². The van der Waals surface area contributed by atoms with Crippen LogP contribution in [0.2, 0.25) is 0 Å². The summed E-state index contributed by atoms with van der Waals surface area (Å²) >= 11 is 0. The van der Waals surface area contributed by atoms with Crippen molar-refractivity contribution in [3.63, 3.8) is 0 Å². The maximum absolute atomic E-state index is 12.3. The van der Waals surface area contributed by atoms with Gasteiger partial charge in [0.15, 0.2) is 0 Å². The zero-order valence-electron chi connectivity index (χ0n) is 11.3. The molecule has 2 rings (SSSR count). The van der Waals surface area contributed by atoms with Crippen LogP contribution in [-0.2, 0) is 4.79 Å². The van der Waals surface area contributed by atoms with Crippen LogP contribution >= 0.6 is 0 Å². The number of halogens is 2. The Bertz CT molecular complexity index is 544. The lowest BCUT2D eigenvalue weighted by Gasteiger charge is -2.41. The summed E-state index contributed by atoms with van der Waals surface area (Å²) in [6.45, 7) is -0.817. The van der Waals surface area contributed by atoms with Gasteiger partial charge in [0.25, 0.3) is 5.91 Å². The molecule has 1 aromatic rings. The van der Waals surface area contributed by atoms with E-state index in [1.54, 1.807) is 13.0 Å². The average molecular weight is 299 g/mol. The molecule has 7 heteroatoms. The molecule has 0 saturated carbocycles. The molecule has 0 bridgehead atoms. The second-order valence-electron chi connectivity index (χ2n) is 4.97. The van der Waals surface area contributed by atoms with Gasteiger partial charge in [0.2, 0.25) is 0 Å². The first kappa shape index (κ1) is 15.2. The van der Waals surface area contributed by atoms with E-state index in [-0.39, 0.29) is 17.2 Å². The Morgan fingerprint density at radius 1 is 1.33 bits per heavy atom. The highest BCUT2D eigenvalue weighted by molar-refractivity contribution is 5.97. The number of amides is 1. The van der Waals surface area contributed by atoms with Crippen LogP contribution in [-0.4, -0.2) is 41.6 Å². The molecule has 0 spiro atoms. The Morgan fingerprint density at radius 3 is 2.52 bits per heavy atom. The summed E-state index contributed by atoms with van der Waals surface area (Å²) in [5.41, 5.74) is 0.0548. The largest absolute Gasteiger partial charge is 0.481 e. The van der Waals surface area contributed by atoms with E-state index in [1.807, 2.05) is 0 Å². The van der Waals surface area contributed by atoms with Gasteiger partial charge in [-0.3, -0.25) is 9.59 Å². The maximum Gasteiger partial charge on any atom is 0.387 e. The molecule has 1 aliphatic rings. The molecule has 1 fully saturated rings. The lowest BCUT2D eigenvalue weighted by Crippen LogP contribution is -2.53. The molecule has 21 heavy (non-hydrogen) atoms. The first-order chi connectivity index (χ1) is 9.90. The minimum Gasteiger partial charge on any atom is -0.481 e. The van der Waals surface area contributed by atoms with Crippen molar-refractivity contribution in [3.05, 3.63) is 29.8 Å². The van der Waals surface area contributed by atoms with E-state index < -0.39 is 24.4 Å². The molecule has 1 saturated heterocycles. The minimum atomic E-state index is -3.00. The highest BCUT2D eigenvalue weighted by Crippen LogP contribution is 2.28. The number of carboxylic acids is 1. The number of carboxylic acid groups (broad SMARTS) is 1. The highest BCUT2D eigenvalue weighted by Gasteiger charge is 2.38. The lowest BCUT2D eigenvalue weighted by molar-refractivity contribution is -0.144. The van der Waals surface area contributed by atoms with Crippen LogP contribution in [0, 0.1) is 11.8 Å². The first-order valence-corrected chi connectivity index (χ1v) is 6.46. The van der Waals surface area contributed by atoms with E-state index >= 15 is 0 Å².